The molecule has 3 rings (SSSR count). The Morgan fingerprint density at radius 1 is 1.07 bits per heavy atom. The first-order valence-corrected chi connectivity index (χ1v) is 10.4. The molecule has 1 fully saturated rings. The van der Waals surface area contributed by atoms with Crippen LogP contribution in [0.4, 0.5) is 0 Å². The van der Waals surface area contributed by atoms with E-state index in [0.717, 1.165) is 32.1 Å². The van der Waals surface area contributed by atoms with Crippen LogP contribution in [-0.2, 0) is 10.5 Å². The van der Waals surface area contributed by atoms with Crippen LogP contribution in [0.1, 0.15) is 29.8 Å². The van der Waals surface area contributed by atoms with E-state index in [1.54, 1.807) is 11.8 Å². The molecule has 0 unspecified atom stereocenters. The number of morpholine rings is 1. The molecule has 0 aromatic heterocycles. The van der Waals surface area contributed by atoms with Crippen molar-refractivity contribution in [3.63, 3.8) is 0 Å². The SMILES string of the molecule is CC(C)(CNC(=O)c1ccc(CSc2ccccc2)cc1)N1CCOCC1. The molecule has 4 nitrogen and oxygen atoms in total. The van der Waals surface area contributed by atoms with Gasteiger partial charge in [-0.3, -0.25) is 9.69 Å². The summed E-state index contributed by atoms with van der Waals surface area (Å²) in [7, 11) is 0. The molecule has 0 radical (unpaired) electrons. The Labute approximate surface area is 166 Å². The van der Waals surface area contributed by atoms with Gasteiger partial charge in [0, 0.05) is 41.4 Å². The Morgan fingerprint density at radius 3 is 2.41 bits per heavy atom. The number of hydrogen-bond donors (Lipinski definition) is 1. The van der Waals surface area contributed by atoms with Gasteiger partial charge >= 0.3 is 0 Å². The molecule has 0 aliphatic carbocycles. The summed E-state index contributed by atoms with van der Waals surface area (Å²) in [5.74, 6) is 0.884. The van der Waals surface area contributed by atoms with Crippen LogP contribution < -0.4 is 5.32 Å². The first-order valence-electron chi connectivity index (χ1n) is 9.42. The molecular weight excluding hydrogens is 356 g/mol. The van der Waals surface area contributed by atoms with Gasteiger partial charge in [-0.05, 0) is 43.7 Å². The van der Waals surface area contributed by atoms with E-state index >= 15 is 0 Å². The Morgan fingerprint density at radius 2 is 1.74 bits per heavy atom. The summed E-state index contributed by atoms with van der Waals surface area (Å²) in [6, 6.07) is 18.3. The predicted molar refractivity (Wildman–Crippen MR) is 111 cm³/mol. The largest absolute Gasteiger partial charge is 0.379 e. The normalized spacial score (nSPS) is 15.5. The number of nitrogens with one attached hydrogen (secondary N) is 1. The van der Waals surface area contributed by atoms with E-state index in [4.69, 9.17) is 4.74 Å². The van der Waals surface area contributed by atoms with Crippen LogP contribution in [0.2, 0.25) is 0 Å². The molecule has 0 bridgehead atoms. The maximum absolute atomic E-state index is 12.5. The van der Waals surface area contributed by atoms with E-state index in [1.807, 2.05) is 42.5 Å². The van der Waals surface area contributed by atoms with Gasteiger partial charge in [-0.2, -0.15) is 0 Å². The molecule has 2 aromatic carbocycles. The summed E-state index contributed by atoms with van der Waals surface area (Å²) in [5, 5.41) is 3.09. The highest BCUT2D eigenvalue weighted by Crippen LogP contribution is 2.22. The van der Waals surface area contributed by atoms with Gasteiger partial charge in [-0.1, -0.05) is 30.3 Å². The molecule has 1 heterocycles. The molecule has 1 N–H and O–H groups in total. The van der Waals surface area contributed by atoms with Crippen molar-refractivity contribution in [1.82, 2.24) is 10.2 Å². The molecule has 0 spiro atoms. The smallest absolute Gasteiger partial charge is 0.251 e. The maximum atomic E-state index is 12.5. The second-order valence-corrected chi connectivity index (χ2v) is 8.44. The highest BCUT2D eigenvalue weighted by atomic mass is 32.2. The number of nitrogens with zero attached hydrogens (tertiary/aromatic N) is 1. The highest BCUT2D eigenvalue weighted by molar-refractivity contribution is 7.98. The van der Waals surface area contributed by atoms with Crippen LogP contribution in [0.15, 0.2) is 59.5 Å². The first kappa shape index (κ1) is 19.9. The summed E-state index contributed by atoms with van der Waals surface area (Å²) < 4.78 is 5.42. The number of rotatable bonds is 7. The van der Waals surface area contributed by atoms with Crippen molar-refractivity contribution in [2.24, 2.45) is 0 Å². The maximum Gasteiger partial charge on any atom is 0.251 e. The molecule has 2 aromatic rings. The average Bonchev–Trinajstić information content (AvgIpc) is 2.72. The van der Waals surface area contributed by atoms with E-state index in [1.165, 1.54) is 10.5 Å². The van der Waals surface area contributed by atoms with E-state index < -0.39 is 0 Å². The minimum atomic E-state index is -0.0777. The topological polar surface area (TPSA) is 41.6 Å². The van der Waals surface area contributed by atoms with E-state index in [0.29, 0.717) is 12.1 Å². The summed E-state index contributed by atoms with van der Waals surface area (Å²) >= 11 is 1.80. The number of carbonyl (C=O) groups excluding carboxylic acids is 1. The fourth-order valence-corrected chi connectivity index (χ4v) is 3.99. The van der Waals surface area contributed by atoms with Crippen LogP contribution in [0.3, 0.4) is 0 Å². The zero-order valence-corrected chi connectivity index (χ0v) is 16.9. The van der Waals surface area contributed by atoms with Crippen LogP contribution >= 0.6 is 11.8 Å². The number of thioether (sulfide) groups is 1. The monoisotopic (exact) mass is 384 g/mol. The summed E-state index contributed by atoms with van der Waals surface area (Å²) in [4.78, 5) is 16.1. The van der Waals surface area contributed by atoms with Crippen molar-refractivity contribution in [2.75, 3.05) is 32.8 Å². The van der Waals surface area contributed by atoms with Crippen molar-refractivity contribution in [3.05, 3.63) is 65.7 Å². The van der Waals surface area contributed by atoms with Gasteiger partial charge in [0.1, 0.15) is 0 Å². The van der Waals surface area contributed by atoms with Gasteiger partial charge in [0.2, 0.25) is 0 Å². The van der Waals surface area contributed by atoms with E-state index in [2.05, 4.69) is 36.2 Å². The summed E-state index contributed by atoms with van der Waals surface area (Å²) in [6.07, 6.45) is 0. The van der Waals surface area contributed by atoms with Gasteiger partial charge in [0.05, 0.1) is 13.2 Å². The molecule has 1 saturated heterocycles. The number of ether oxygens (including phenoxy) is 1. The van der Waals surface area contributed by atoms with Crippen LogP contribution in [0.25, 0.3) is 0 Å². The summed E-state index contributed by atoms with van der Waals surface area (Å²) in [5.41, 5.74) is 1.85. The third-order valence-electron chi connectivity index (χ3n) is 4.91. The number of carbonyl (C=O) groups is 1. The van der Waals surface area contributed by atoms with Crippen LogP contribution in [0.5, 0.6) is 0 Å². The molecule has 27 heavy (non-hydrogen) atoms. The van der Waals surface area contributed by atoms with E-state index in [-0.39, 0.29) is 11.4 Å². The Bertz CT molecular complexity index is 726. The van der Waals surface area contributed by atoms with Gasteiger partial charge in [-0.25, -0.2) is 0 Å². The molecule has 1 aliphatic heterocycles. The van der Waals surface area contributed by atoms with Crippen molar-refractivity contribution < 1.29 is 9.53 Å². The zero-order valence-electron chi connectivity index (χ0n) is 16.1. The minimum Gasteiger partial charge on any atom is -0.379 e. The third-order valence-corrected chi connectivity index (χ3v) is 6.00. The molecule has 1 aliphatic rings. The first-order chi connectivity index (χ1) is 13.0. The quantitative estimate of drug-likeness (QED) is 0.737. The molecule has 0 atom stereocenters. The molecule has 1 amide bonds. The molecule has 5 heteroatoms. The number of hydrogen-bond acceptors (Lipinski definition) is 4. The predicted octanol–water partition coefficient (Wildman–Crippen LogP) is 3.82. The average molecular weight is 385 g/mol. The lowest BCUT2D eigenvalue weighted by Gasteiger charge is -2.40. The van der Waals surface area contributed by atoms with Crippen LogP contribution in [0, 0.1) is 0 Å². The lowest BCUT2D eigenvalue weighted by Crippen LogP contribution is -2.55. The zero-order chi connectivity index (χ0) is 19.1. The lowest BCUT2D eigenvalue weighted by molar-refractivity contribution is -0.00923. The van der Waals surface area contributed by atoms with E-state index in [9.17, 15) is 4.79 Å². The highest BCUT2D eigenvalue weighted by Gasteiger charge is 2.28. The lowest BCUT2D eigenvalue weighted by atomic mass is 10.0. The fourth-order valence-electron chi connectivity index (χ4n) is 3.11. The van der Waals surface area contributed by atoms with Crippen molar-refractivity contribution >= 4 is 17.7 Å². The second kappa shape index (κ2) is 9.40. The number of benzene rings is 2. The third kappa shape index (κ3) is 5.83. The van der Waals surface area contributed by atoms with Gasteiger partial charge in [0.25, 0.3) is 5.91 Å². The molecule has 144 valence electrons. The van der Waals surface area contributed by atoms with Crippen molar-refractivity contribution in [3.8, 4) is 0 Å². The number of amides is 1. The second-order valence-electron chi connectivity index (χ2n) is 7.39. The van der Waals surface area contributed by atoms with Gasteiger partial charge in [0.15, 0.2) is 0 Å². The van der Waals surface area contributed by atoms with Gasteiger partial charge in [-0.15, -0.1) is 11.8 Å². The Hall–Kier alpha value is -1.82. The molecule has 0 saturated carbocycles. The molecular formula is C22H28N2O2S. The Kier molecular flexibility index (Phi) is 6.94. The standard InChI is InChI=1S/C22H28N2O2S/c1-22(2,24-12-14-26-15-13-24)17-23-21(25)19-10-8-18(9-11-19)16-27-20-6-4-3-5-7-20/h3-11H,12-17H2,1-2H3,(H,23,25). The van der Waals surface area contributed by atoms with Crippen molar-refractivity contribution in [2.45, 2.75) is 30.0 Å². The van der Waals surface area contributed by atoms with Gasteiger partial charge < -0.3 is 10.1 Å². The Balaban J connectivity index is 1.49. The van der Waals surface area contributed by atoms with Crippen molar-refractivity contribution in [1.29, 1.82) is 0 Å². The van der Waals surface area contributed by atoms with Crippen LogP contribution in [-0.4, -0.2) is 49.2 Å². The minimum absolute atomic E-state index is 0.0152. The fraction of sp³-hybridized carbons (Fsp3) is 0.409. The summed E-state index contributed by atoms with van der Waals surface area (Å²) in [6.45, 7) is 8.31.